The zero-order chi connectivity index (χ0) is 15.0. The van der Waals surface area contributed by atoms with Gasteiger partial charge in [0.05, 0.1) is 5.69 Å². The van der Waals surface area contributed by atoms with Crippen molar-refractivity contribution < 1.29 is 14.8 Å². The summed E-state index contributed by atoms with van der Waals surface area (Å²) in [6.07, 6.45) is 0. The van der Waals surface area contributed by atoms with Gasteiger partial charge in [0.15, 0.2) is 9.37 Å². The van der Waals surface area contributed by atoms with E-state index in [4.69, 9.17) is 5.11 Å². The number of carboxylic acids is 1. The number of hydrogen-bond donors (Lipinski definition) is 1. The molecule has 0 atom stereocenters. The third kappa shape index (κ3) is 2.51. The van der Waals surface area contributed by atoms with Gasteiger partial charge in [0.2, 0.25) is 5.82 Å². The van der Waals surface area contributed by atoms with Crippen molar-refractivity contribution in [2.75, 3.05) is 0 Å². The molecule has 0 aliphatic heterocycles. The number of carbonyl (C=O) groups is 1. The fraction of sp³-hybridized carbons (Fsp3) is 0.300. The second-order valence-electron chi connectivity index (χ2n) is 3.91. The molecule has 0 bridgehead atoms. The normalized spacial score (nSPS) is 10.8. The Hall–Kier alpha value is -1.94. The highest BCUT2D eigenvalue weighted by Gasteiger charge is 2.26. The van der Waals surface area contributed by atoms with Crippen LogP contribution < -0.4 is 0 Å². The predicted octanol–water partition coefficient (Wildman–Crippen LogP) is 2.25. The summed E-state index contributed by atoms with van der Waals surface area (Å²) in [5.74, 6) is -0.798. The van der Waals surface area contributed by atoms with Gasteiger partial charge in [0.1, 0.15) is 4.88 Å². The minimum atomic E-state index is -1.05. The van der Waals surface area contributed by atoms with Gasteiger partial charge < -0.3 is 15.2 Å². The predicted molar refractivity (Wildman–Crippen MR) is 72.5 cm³/mol. The second kappa shape index (κ2) is 5.21. The van der Waals surface area contributed by atoms with E-state index < -0.39 is 10.9 Å². The van der Waals surface area contributed by atoms with Crippen LogP contribution in [-0.2, 0) is 7.05 Å². The largest absolute Gasteiger partial charge is 0.477 e. The molecule has 0 unspecified atom stereocenters. The van der Waals surface area contributed by atoms with Crippen LogP contribution in [0.1, 0.15) is 21.2 Å². The molecule has 2 heterocycles. The lowest BCUT2D eigenvalue weighted by atomic mass is 10.4. The van der Waals surface area contributed by atoms with Crippen molar-refractivity contribution in [3.05, 3.63) is 26.5 Å². The number of imidazole rings is 1. The van der Waals surface area contributed by atoms with E-state index in [1.54, 1.807) is 25.5 Å². The van der Waals surface area contributed by atoms with E-state index in [1.165, 1.54) is 0 Å². The SMILES string of the molecule is Cc1nc(Sc2c([N+](=O)[O-])nc(C)n2C)sc1C(=O)O. The van der Waals surface area contributed by atoms with Crippen molar-refractivity contribution in [2.45, 2.75) is 23.2 Å². The summed E-state index contributed by atoms with van der Waals surface area (Å²) in [4.78, 5) is 29.5. The van der Waals surface area contributed by atoms with Crippen molar-refractivity contribution in [3.63, 3.8) is 0 Å². The minimum absolute atomic E-state index is 0.133. The molecule has 0 radical (unpaired) electrons. The van der Waals surface area contributed by atoms with Crippen molar-refractivity contribution in [1.82, 2.24) is 14.5 Å². The van der Waals surface area contributed by atoms with E-state index in [2.05, 4.69) is 9.97 Å². The molecule has 106 valence electrons. The number of rotatable bonds is 4. The molecular formula is C10H10N4O4S2. The summed E-state index contributed by atoms with van der Waals surface area (Å²) in [6, 6.07) is 0. The first-order valence-electron chi connectivity index (χ1n) is 5.37. The number of aromatic nitrogens is 3. The van der Waals surface area contributed by atoms with Gasteiger partial charge in [-0.25, -0.2) is 9.78 Å². The number of carboxylic acid groups (broad SMARTS) is 1. The maximum atomic E-state index is 11.0. The van der Waals surface area contributed by atoms with Gasteiger partial charge in [-0.2, -0.15) is 0 Å². The first kappa shape index (κ1) is 14.5. The first-order valence-corrected chi connectivity index (χ1v) is 7.00. The van der Waals surface area contributed by atoms with Crippen molar-refractivity contribution in [1.29, 1.82) is 0 Å². The van der Waals surface area contributed by atoms with Crippen LogP contribution in [0, 0.1) is 24.0 Å². The van der Waals surface area contributed by atoms with Gasteiger partial charge in [-0.15, -0.1) is 0 Å². The van der Waals surface area contributed by atoms with Crippen LogP contribution in [0.3, 0.4) is 0 Å². The van der Waals surface area contributed by atoms with Gasteiger partial charge in [-0.05, 0) is 28.6 Å². The Kier molecular flexibility index (Phi) is 3.77. The van der Waals surface area contributed by atoms with Gasteiger partial charge in [-0.3, -0.25) is 4.57 Å². The van der Waals surface area contributed by atoms with E-state index in [0.29, 0.717) is 20.9 Å². The molecule has 0 aromatic carbocycles. The molecule has 2 aromatic heterocycles. The molecule has 1 N–H and O–H groups in total. The van der Waals surface area contributed by atoms with Gasteiger partial charge in [0.25, 0.3) is 0 Å². The van der Waals surface area contributed by atoms with Crippen molar-refractivity contribution >= 4 is 34.9 Å². The van der Waals surface area contributed by atoms with Crippen molar-refractivity contribution in [3.8, 4) is 0 Å². The number of hydrogen-bond acceptors (Lipinski definition) is 7. The number of nitrogens with zero attached hydrogens (tertiary/aromatic N) is 4. The molecule has 0 aliphatic rings. The third-order valence-corrected chi connectivity index (χ3v) is 4.93. The van der Waals surface area contributed by atoms with Crippen LogP contribution in [0.25, 0.3) is 0 Å². The number of aromatic carboxylic acids is 1. The van der Waals surface area contributed by atoms with E-state index in [-0.39, 0.29) is 10.7 Å². The molecule has 0 saturated heterocycles. The fourth-order valence-corrected chi connectivity index (χ4v) is 3.62. The lowest BCUT2D eigenvalue weighted by Gasteiger charge is -1.98. The average Bonchev–Trinajstić information content (AvgIpc) is 2.84. The average molecular weight is 314 g/mol. The molecular weight excluding hydrogens is 304 g/mol. The van der Waals surface area contributed by atoms with Crippen LogP contribution in [-0.4, -0.2) is 30.5 Å². The highest BCUT2D eigenvalue weighted by Crippen LogP contribution is 2.37. The smallest absolute Gasteiger partial charge is 0.396 e. The second-order valence-corrected chi connectivity index (χ2v) is 6.14. The first-order chi connectivity index (χ1) is 9.31. The Morgan fingerprint density at radius 3 is 2.60 bits per heavy atom. The van der Waals surface area contributed by atoms with Crippen molar-refractivity contribution in [2.24, 2.45) is 7.05 Å². The molecule has 0 spiro atoms. The summed E-state index contributed by atoms with van der Waals surface area (Å²) in [5.41, 5.74) is 0.395. The molecule has 0 fully saturated rings. The van der Waals surface area contributed by atoms with Crippen LogP contribution >= 0.6 is 23.1 Å². The lowest BCUT2D eigenvalue weighted by Crippen LogP contribution is -1.94. The van der Waals surface area contributed by atoms with Gasteiger partial charge in [-0.1, -0.05) is 11.3 Å². The Morgan fingerprint density at radius 2 is 2.10 bits per heavy atom. The summed E-state index contributed by atoms with van der Waals surface area (Å²) >= 11 is 2.03. The fourth-order valence-electron chi connectivity index (χ4n) is 1.50. The maximum absolute atomic E-state index is 11.0. The number of aryl methyl sites for hydroxylation is 2. The summed E-state index contributed by atoms with van der Waals surface area (Å²) in [6.45, 7) is 3.25. The topological polar surface area (TPSA) is 111 Å². The molecule has 10 heteroatoms. The molecule has 8 nitrogen and oxygen atoms in total. The van der Waals surface area contributed by atoms with E-state index in [1.807, 2.05) is 0 Å². The summed E-state index contributed by atoms with van der Waals surface area (Å²) in [7, 11) is 1.66. The van der Waals surface area contributed by atoms with Crippen LogP contribution in [0.5, 0.6) is 0 Å². The molecule has 20 heavy (non-hydrogen) atoms. The lowest BCUT2D eigenvalue weighted by molar-refractivity contribution is -0.392. The monoisotopic (exact) mass is 314 g/mol. The molecule has 0 saturated carbocycles. The molecule has 0 amide bonds. The van der Waals surface area contributed by atoms with Crippen LogP contribution in [0.15, 0.2) is 9.37 Å². The Labute approximate surface area is 121 Å². The molecule has 0 aliphatic carbocycles. The maximum Gasteiger partial charge on any atom is 0.396 e. The highest BCUT2D eigenvalue weighted by molar-refractivity contribution is 8.01. The number of thiazole rings is 1. The third-order valence-electron chi connectivity index (χ3n) is 2.58. The summed E-state index contributed by atoms with van der Waals surface area (Å²) < 4.78 is 2.02. The summed E-state index contributed by atoms with van der Waals surface area (Å²) in [5, 5.41) is 20.3. The van der Waals surface area contributed by atoms with Crippen LogP contribution in [0.4, 0.5) is 5.82 Å². The van der Waals surface area contributed by atoms with E-state index >= 15 is 0 Å². The quantitative estimate of drug-likeness (QED) is 0.680. The van der Waals surface area contributed by atoms with E-state index in [9.17, 15) is 14.9 Å². The zero-order valence-electron chi connectivity index (χ0n) is 10.8. The Bertz CT molecular complexity index is 706. The van der Waals surface area contributed by atoms with Crippen LogP contribution in [0.2, 0.25) is 0 Å². The Balaban J connectivity index is 2.42. The molecule has 2 aromatic rings. The van der Waals surface area contributed by atoms with Gasteiger partial charge in [0, 0.05) is 14.0 Å². The Morgan fingerprint density at radius 1 is 1.45 bits per heavy atom. The van der Waals surface area contributed by atoms with Gasteiger partial charge >= 0.3 is 11.8 Å². The highest BCUT2D eigenvalue weighted by atomic mass is 32.2. The molecule has 2 rings (SSSR count). The zero-order valence-corrected chi connectivity index (χ0v) is 12.4. The van der Waals surface area contributed by atoms with E-state index in [0.717, 1.165) is 23.1 Å². The number of nitro groups is 1. The minimum Gasteiger partial charge on any atom is -0.477 e. The standard InChI is InChI=1S/C10H10N4O4S2/c1-4-6(9(15)16)19-10(11-4)20-8-7(14(17)18)12-5(2)13(8)3/h1-3H3,(H,15,16).